The summed E-state index contributed by atoms with van der Waals surface area (Å²) in [6.07, 6.45) is 3.66. The van der Waals surface area contributed by atoms with Crippen molar-refractivity contribution in [2.24, 2.45) is 0 Å². The van der Waals surface area contributed by atoms with Crippen LogP contribution in [-0.2, 0) is 17.6 Å². The van der Waals surface area contributed by atoms with Gasteiger partial charge in [-0.15, -0.1) is 11.3 Å². The SMILES string of the molecule is N=c1oc2ccc([N+](=O)[O-])cc2cc1C(=O)Nc1sc2c(c1C(=O)N1CCOCC1)CCCC2. The lowest BCUT2D eigenvalue weighted by atomic mass is 9.95. The summed E-state index contributed by atoms with van der Waals surface area (Å²) in [7, 11) is 0. The van der Waals surface area contributed by atoms with Crippen molar-refractivity contribution in [2.45, 2.75) is 25.7 Å². The highest BCUT2D eigenvalue weighted by atomic mass is 32.1. The Bertz CT molecular complexity index is 1370. The van der Waals surface area contributed by atoms with Crippen LogP contribution in [0.25, 0.3) is 11.0 Å². The first kappa shape index (κ1) is 22.2. The number of ether oxygens (including phenoxy) is 1. The first-order chi connectivity index (χ1) is 16.4. The van der Waals surface area contributed by atoms with Crippen LogP contribution in [0.15, 0.2) is 28.7 Å². The molecule has 0 atom stereocenters. The van der Waals surface area contributed by atoms with E-state index in [1.54, 1.807) is 4.90 Å². The van der Waals surface area contributed by atoms with Crippen LogP contribution in [-0.4, -0.2) is 47.9 Å². The van der Waals surface area contributed by atoms with E-state index in [0.717, 1.165) is 36.1 Å². The molecule has 0 spiro atoms. The summed E-state index contributed by atoms with van der Waals surface area (Å²) >= 11 is 1.40. The largest absolute Gasteiger partial charge is 0.438 e. The van der Waals surface area contributed by atoms with Crippen LogP contribution >= 0.6 is 11.3 Å². The highest BCUT2D eigenvalue weighted by Crippen LogP contribution is 2.39. The van der Waals surface area contributed by atoms with Gasteiger partial charge in [-0.1, -0.05) is 0 Å². The number of nitrogens with zero attached hydrogens (tertiary/aromatic N) is 2. The minimum absolute atomic E-state index is 0.0656. The van der Waals surface area contributed by atoms with E-state index in [-0.39, 0.29) is 28.3 Å². The third-order valence-corrected chi connectivity index (χ3v) is 7.32. The molecular weight excluding hydrogens is 460 g/mol. The number of amides is 2. The van der Waals surface area contributed by atoms with Gasteiger partial charge in [-0.2, -0.15) is 0 Å². The minimum Gasteiger partial charge on any atom is -0.438 e. The molecule has 0 bridgehead atoms. The number of nitrogens with one attached hydrogen (secondary N) is 2. The number of fused-ring (bicyclic) bond motifs is 2. The number of carbonyl (C=O) groups excluding carboxylic acids is 2. The Balaban J connectivity index is 1.51. The second-order valence-electron chi connectivity index (χ2n) is 8.24. The number of non-ortho nitro benzene ring substituents is 1. The van der Waals surface area contributed by atoms with Crippen LogP contribution in [0.5, 0.6) is 0 Å². The molecule has 10 nitrogen and oxygen atoms in total. The van der Waals surface area contributed by atoms with Gasteiger partial charge in [0, 0.05) is 35.5 Å². The molecular formula is C23H22N4O6S. The third kappa shape index (κ3) is 4.08. The van der Waals surface area contributed by atoms with E-state index in [2.05, 4.69) is 5.32 Å². The first-order valence-electron chi connectivity index (χ1n) is 11.0. The van der Waals surface area contributed by atoms with Gasteiger partial charge in [0.2, 0.25) is 5.55 Å². The molecule has 2 N–H and O–H groups in total. The van der Waals surface area contributed by atoms with Gasteiger partial charge in [-0.25, -0.2) is 0 Å². The fourth-order valence-corrected chi connectivity index (χ4v) is 5.66. The molecule has 11 heteroatoms. The summed E-state index contributed by atoms with van der Waals surface area (Å²) in [5, 5.41) is 22.9. The van der Waals surface area contributed by atoms with Crippen molar-refractivity contribution >= 4 is 44.8 Å². The molecule has 1 aliphatic heterocycles. The number of hydrogen-bond acceptors (Lipinski definition) is 8. The number of benzene rings is 1. The molecule has 1 saturated heterocycles. The topological polar surface area (TPSA) is 139 Å². The first-order valence-corrected chi connectivity index (χ1v) is 11.8. The van der Waals surface area contributed by atoms with E-state index >= 15 is 0 Å². The van der Waals surface area contributed by atoms with Crippen LogP contribution in [0.3, 0.4) is 0 Å². The second-order valence-corrected chi connectivity index (χ2v) is 9.35. The van der Waals surface area contributed by atoms with Gasteiger partial charge in [0.25, 0.3) is 17.5 Å². The monoisotopic (exact) mass is 482 g/mol. The van der Waals surface area contributed by atoms with Gasteiger partial charge in [-0.05, 0) is 43.4 Å². The summed E-state index contributed by atoms with van der Waals surface area (Å²) in [5.41, 5.74) is 1.21. The summed E-state index contributed by atoms with van der Waals surface area (Å²) < 4.78 is 10.8. The lowest BCUT2D eigenvalue weighted by Gasteiger charge is -2.27. The number of morpholine rings is 1. The Hall–Kier alpha value is -3.57. The van der Waals surface area contributed by atoms with Crippen molar-refractivity contribution in [2.75, 3.05) is 31.6 Å². The molecule has 2 aromatic heterocycles. The molecule has 1 aromatic carbocycles. The highest BCUT2D eigenvalue weighted by molar-refractivity contribution is 7.17. The predicted molar refractivity (Wildman–Crippen MR) is 124 cm³/mol. The van der Waals surface area contributed by atoms with Crippen molar-refractivity contribution in [1.82, 2.24) is 4.90 Å². The molecule has 0 radical (unpaired) electrons. The van der Waals surface area contributed by atoms with Crippen LogP contribution in [0, 0.1) is 15.5 Å². The average molecular weight is 483 g/mol. The zero-order valence-electron chi connectivity index (χ0n) is 18.2. The summed E-state index contributed by atoms with van der Waals surface area (Å²) in [4.78, 5) is 40.0. The fraction of sp³-hybridized carbons (Fsp3) is 0.348. The Morgan fingerprint density at radius 2 is 1.91 bits per heavy atom. The van der Waals surface area contributed by atoms with Gasteiger partial charge in [0.05, 0.1) is 23.7 Å². The van der Waals surface area contributed by atoms with E-state index < -0.39 is 10.8 Å². The van der Waals surface area contributed by atoms with Crippen LogP contribution in [0.1, 0.15) is 44.0 Å². The van der Waals surface area contributed by atoms with Crippen LogP contribution in [0.2, 0.25) is 0 Å². The smallest absolute Gasteiger partial charge is 0.270 e. The van der Waals surface area contributed by atoms with Crippen molar-refractivity contribution in [3.63, 3.8) is 0 Å². The van der Waals surface area contributed by atoms with E-state index in [4.69, 9.17) is 14.6 Å². The van der Waals surface area contributed by atoms with Crippen LogP contribution in [0.4, 0.5) is 10.7 Å². The zero-order chi connectivity index (χ0) is 23.8. The average Bonchev–Trinajstić information content (AvgIpc) is 3.20. The summed E-state index contributed by atoms with van der Waals surface area (Å²) in [6.45, 7) is 1.95. The number of hydrogen-bond donors (Lipinski definition) is 2. The van der Waals surface area contributed by atoms with E-state index in [0.29, 0.717) is 42.3 Å². The van der Waals surface area contributed by atoms with E-state index in [9.17, 15) is 19.7 Å². The van der Waals surface area contributed by atoms with Gasteiger partial charge in [-0.3, -0.25) is 25.1 Å². The lowest BCUT2D eigenvalue weighted by Crippen LogP contribution is -2.41. The highest BCUT2D eigenvalue weighted by Gasteiger charge is 2.30. The maximum Gasteiger partial charge on any atom is 0.270 e. The van der Waals surface area contributed by atoms with Gasteiger partial charge in [0.1, 0.15) is 16.1 Å². The standard InChI is InChI=1S/C23H22N4O6S/c24-20-16(12-13-11-14(27(30)31)5-6-17(13)33-20)21(28)25-22-19(15-3-1-2-4-18(15)34-22)23(29)26-7-9-32-10-8-26/h5-6,11-12,24H,1-4,7-10H2,(H,25,28). The van der Waals surface area contributed by atoms with Crippen LogP contribution < -0.4 is 10.9 Å². The van der Waals surface area contributed by atoms with Gasteiger partial charge >= 0.3 is 0 Å². The molecule has 3 aromatic rings. The number of rotatable bonds is 4. The third-order valence-electron chi connectivity index (χ3n) is 6.12. The Kier molecular flexibility index (Phi) is 5.88. The van der Waals surface area contributed by atoms with E-state index in [1.165, 1.54) is 35.6 Å². The molecule has 2 amide bonds. The van der Waals surface area contributed by atoms with Crippen molar-refractivity contribution in [3.05, 3.63) is 61.5 Å². The Morgan fingerprint density at radius 1 is 1.15 bits per heavy atom. The molecule has 1 aliphatic carbocycles. The number of carbonyl (C=O) groups is 2. The quantitative estimate of drug-likeness (QED) is 0.431. The van der Waals surface area contributed by atoms with Gasteiger partial charge < -0.3 is 19.4 Å². The molecule has 5 rings (SSSR count). The predicted octanol–water partition coefficient (Wildman–Crippen LogP) is 3.49. The minimum atomic E-state index is -0.600. The van der Waals surface area contributed by atoms with Crippen molar-refractivity contribution in [3.8, 4) is 0 Å². The maximum absolute atomic E-state index is 13.4. The number of nitro groups is 1. The summed E-state index contributed by atoms with van der Waals surface area (Å²) in [5.74, 6) is -0.722. The molecule has 0 unspecified atom stereocenters. The molecule has 2 aliphatic rings. The molecule has 1 fully saturated rings. The molecule has 0 saturated carbocycles. The van der Waals surface area contributed by atoms with Crippen molar-refractivity contribution in [1.29, 1.82) is 5.41 Å². The molecule has 34 heavy (non-hydrogen) atoms. The Morgan fingerprint density at radius 3 is 2.68 bits per heavy atom. The second kappa shape index (κ2) is 8.99. The molecule has 176 valence electrons. The maximum atomic E-state index is 13.4. The fourth-order valence-electron chi connectivity index (χ4n) is 4.38. The van der Waals surface area contributed by atoms with Gasteiger partial charge in [0.15, 0.2) is 0 Å². The zero-order valence-corrected chi connectivity index (χ0v) is 19.0. The number of anilines is 1. The summed E-state index contributed by atoms with van der Waals surface area (Å²) in [6, 6.07) is 5.39. The number of aryl methyl sites for hydroxylation is 1. The number of thiophene rings is 1. The molecule has 3 heterocycles. The van der Waals surface area contributed by atoms with Crippen molar-refractivity contribution < 1.29 is 23.7 Å². The Labute approximate surface area is 197 Å². The normalized spacial score (nSPS) is 15.7. The van der Waals surface area contributed by atoms with E-state index in [1.807, 2.05) is 0 Å². The lowest BCUT2D eigenvalue weighted by molar-refractivity contribution is -0.384. The number of nitro benzene ring substituents is 1.